The summed E-state index contributed by atoms with van der Waals surface area (Å²) < 4.78 is 13.9. The molecule has 2 aliphatic heterocycles. The third-order valence-electron chi connectivity index (χ3n) is 6.21. The van der Waals surface area contributed by atoms with E-state index in [2.05, 4.69) is 9.88 Å². The van der Waals surface area contributed by atoms with E-state index >= 15 is 0 Å². The second kappa shape index (κ2) is 8.32. The summed E-state index contributed by atoms with van der Waals surface area (Å²) >= 11 is 6.31. The third-order valence-corrected chi connectivity index (χ3v) is 6.61. The van der Waals surface area contributed by atoms with Gasteiger partial charge in [0.05, 0.1) is 5.56 Å². The van der Waals surface area contributed by atoms with Gasteiger partial charge in [0, 0.05) is 49.9 Å². The van der Waals surface area contributed by atoms with Crippen molar-refractivity contribution in [1.82, 2.24) is 14.8 Å². The summed E-state index contributed by atoms with van der Waals surface area (Å²) in [7, 11) is 0. The molecule has 2 saturated heterocycles. The average Bonchev–Trinajstić information content (AvgIpc) is 3.27. The number of hydrogen-bond acceptors (Lipinski definition) is 4. The summed E-state index contributed by atoms with van der Waals surface area (Å²) in [6.45, 7) is 4.55. The molecule has 1 aromatic carbocycles. The Kier molecular flexibility index (Phi) is 5.75. The van der Waals surface area contributed by atoms with Gasteiger partial charge in [-0.1, -0.05) is 23.7 Å². The Bertz CT molecular complexity index is 971. The zero-order chi connectivity index (χ0) is 21.4. The lowest BCUT2D eigenvalue weighted by atomic mass is 10.0. The van der Waals surface area contributed by atoms with E-state index in [-0.39, 0.29) is 41.7 Å². The van der Waals surface area contributed by atoms with Gasteiger partial charge in [-0.2, -0.15) is 4.39 Å². The Hall–Kier alpha value is -2.51. The van der Waals surface area contributed by atoms with Crippen LogP contribution in [0.3, 0.4) is 0 Å². The lowest BCUT2D eigenvalue weighted by Gasteiger charge is -2.29. The lowest BCUT2D eigenvalue weighted by molar-refractivity contribution is -0.119. The number of nitrogens with zero attached hydrogens (tertiary/aromatic N) is 3. The molecule has 2 amide bonds. The summed E-state index contributed by atoms with van der Waals surface area (Å²) in [5, 5.41) is 0.664. The molecule has 3 atom stereocenters. The van der Waals surface area contributed by atoms with Crippen molar-refractivity contribution in [2.45, 2.75) is 19.4 Å². The number of aromatic nitrogens is 1. The van der Waals surface area contributed by atoms with Crippen LogP contribution in [0.2, 0.25) is 5.02 Å². The number of rotatable bonds is 5. The first-order valence-corrected chi connectivity index (χ1v) is 10.4. The summed E-state index contributed by atoms with van der Waals surface area (Å²) in [5.74, 6) is -0.882. The Morgan fingerprint density at radius 1 is 1.23 bits per heavy atom. The van der Waals surface area contributed by atoms with Gasteiger partial charge in [0.15, 0.2) is 0 Å². The molecule has 1 aromatic heterocycles. The van der Waals surface area contributed by atoms with E-state index in [1.807, 2.05) is 25.1 Å². The molecule has 2 fully saturated rings. The van der Waals surface area contributed by atoms with Crippen molar-refractivity contribution in [3.63, 3.8) is 0 Å². The van der Waals surface area contributed by atoms with Crippen molar-refractivity contribution < 1.29 is 14.0 Å². The molecule has 2 aromatic rings. The van der Waals surface area contributed by atoms with E-state index in [0.717, 1.165) is 24.2 Å². The van der Waals surface area contributed by atoms with E-state index < -0.39 is 5.95 Å². The molecular formula is C22H24ClFN4O2. The minimum Gasteiger partial charge on any atom is -0.370 e. The van der Waals surface area contributed by atoms with E-state index in [0.29, 0.717) is 18.1 Å². The van der Waals surface area contributed by atoms with Gasteiger partial charge in [-0.3, -0.25) is 14.5 Å². The standard InChI is InChI=1S/C22H24ClFN4O2/c1-13-4-5-14(7-18(13)23)19(8-20(25)29)27-9-15-11-28(12-16(15)10-27)22(30)17-3-2-6-26-21(17)24/h2-7,15-16,19H,8-12H2,1H3,(H2,25,29). The molecule has 0 radical (unpaired) electrons. The number of aryl methyl sites for hydroxylation is 1. The Morgan fingerprint density at radius 2 is 1.93 bits per heavy atom. The molecule has 8 heteroatoms. The lowest BCUT2D eigenvalue weighted by Crippen LogP contribution is -2.36. The van der Waals surface area contributed by atoms with Crippen LogP contribution in [0.15, 0.2) is 36.5 Å². The number of carbonyl (C=O) groups is 2. The second-order valence-corrected chi connectivity index (χ2v) is 8.63. The number of nitrogens with two attached hydrogens (primary N) is 1. The fraction of sp³-hybridized carbons (Fsp3) is 0.409. The highest BCUT2D eigenvalue weighted by Gasteiger charge is 2.44. The van der Waals surface area contributed by atoms with Crippen molar-refractivity contribution in [3.05, 3.63) is 64.2 Å². The zero-order valence-electron chi connectivity index (χ0n) is 16.7. The van der Waals surface area contributed by atoms with Gasteiger partial charge in [0.2, 0.25) is 11.9 Å². The summed E-state index contributed by atoms with van der Waals surface area (Å²) in [4.78, 5) is 32.0. The number of halogens is 2. The van der Waals surface area contributed by atoms with Crippen LogP contribution in [0, 0.1) is 24.7 Å². The molecule has 2 aliphatic rings. The number of likely N-dealkylation sites (tertiary alicyclic amines) is 2. The number of benzene rings is 1. The van der Waals surface area contributed by atoms with Gasteiger partial charge in [0.1, 0.15) is 0 Å². The van der Waals surface area contributed by atoms with Gasteiger partial charge >= 0.3 is 0 Å². The second-order valence-electron chi connectivity index (χ2n) is 8.22. The number of primary amides is 1. The van der Waals surface area contributed by atoms with Crippen molar-refractivity contribution >= 4 is 23.4 Å². The molecule has 4 rings (SSSR count). The largest absolute Gasteiger partial charge is 0.370 e. The summed E-state index contributed by atoms with van der Waals surface area (Å²) in [6, 6.07) is 8.73. The van der Waals surface area contributed by atoms with E-state index in [1.54, 1.807) is 11.0 Å². The minimum atomic E-state index is -0.737. The number of carbonyl (C=O) groups excluding carboxylic acids is 2. The Morgan fingerprint density at radius 3 is 2.53 bits per heavy atom. The Balaban J connectivity index is 1.47. The maximum absolute atomic E-state index is 13.9. The fourth-order valence-corrected chi connectivity index (χ4v) is 4.82. The van der Waals surface area contributed by atoms with Crippen LogP contribution >= 0.6 is 11.6 Å². The van der Waals surface area contributed by atoms with Crippen LogP contribution in [0.25, 0.3) is 0 Å². The number of pyridine rings is 1. The molecule has 158 valence electrons. The highest BCUT2D eigenvalue weighted by atomic mass is 35.5. The van der Waals surface area contributed by atoms with Crippen LogP contribution in [0.4, 0.5) is 4.39 Å². The van der Waals surface area contributed by atoms with Gasteiger partial charge in [-0.05, 0) is 48.1 Å². The van der Waals surface area contributed by atoms with E-state index in [4.69, 9.17) is 17.3 Å². The quantitative estimate of drug-likeness (QED) is 0.740. The monoisotopic (exact) mass is 430 g/mol. The molecule has 2 N–H and O–H groups in total. The molecule has 30 heavy (non-hydrogen) atoms. The SMILES string of the molecule is Cc1ccc(C(CC(N)=O)N2CC3CN(C(=O)c4cccnc4F)CC3C2)cc1Cl. The Labute approximate surface area is 179 Å². The van der Waals surface area contributed by atoms with Gasteiger partial charge in [-0.25, -0.2) is 4.98 Å². The normalized spacial score (nSPS) is 22.2. The minimum absolute atomic E-state index is 0.00947. The first kappa shape index (κ1) is 20.8. The van der Waals surface area contributed by atoms with Crippen molar-refractivity contribution in [3.8, 4) is 0 Å². The van der Waals surface area contributed by atoms with Crippen LogP contribution in [-0.4, -0.2) is 52.8 Å². The average molecular weight is 431 g/mol. The predicted octanol–water partition coefficient (Wildman–Crippen LogP) is 2.80. The molecule has 0 spiro atoms. The van der Waals surface area contributed by atoms with Crippen molar-refractivity contribution in [1.29, 1.82) is 0 Å². The van der Waals surface area contributed by atoms with Crippen LogP contribution in [0.1, 0.15) is 33.9 Å². The van der Waals surface area contributed by atoms with Crippen molar-refractivity contribution in [2.24, 2.45) is 17.6 Å². The smallest absolute Gasteiger partial charge is 0.258 e. The van der Waals surface area contributed by atoms with Gasteiger partial charge in [-0.15, -0.1) is 0 Å². The molecular weight excluding hydrogens is 407 g/mol. The first-order valence-electron chi connectivity index (χ1n) is 10.0. The molecule has 0 saturated carbocycles. The molecule has 3 heterocycles. The van der Waals surface area contributed by atoms with Crippen LogP contribution in [0.5, 0.6) is 0 Å². The summed E-state index contributed by atoms with van der Waals surface area (Å²) in [6.07, 6.45) is 1.54. The van der Waals surface area contributed by atoms with E-state index in [9.17, 15) is 14.0 Å². The van der Waals surface area contributed by atoms with Crippen LogP contribution in [-0.2, 0) is 4.79 Å². The fourth-order valence-electron chi connectivity index (χ4n) is 4.63. The first-order chi connectivity index (χ1) is 14.3. The topological polar surface area (TPSA) is 79.5 Å². The molecule has 0 bridgehead atoms. The zero-order valence-corrected chi connectivity index (χ0v) is 17.5. The highest BCUT2D eigenvalue weighted by molar-refractivity contribution is 6.31. The van der Waals surface area contributed by atoms with Crippen molar-refractivity contribution in [2.75, 3.05) is 26.2 Å². The maximum atomic E-state index is 13.9. The number of amides is 2. The van der Waals surface area contributed by atoms with E-state index in [1.165, 1.54) is 12.3 Å². The highest BCUT2D eigenvalue weighted by Crippen LogP contribution is 2.38. The number of fused-ring (bicyclic) bond motifs is 1. The van der Waals surface area contributed by atoms with Crippen LogP contribution < -0.4 is 5.73 Å². The third kappa shape index (κ3) is 4.04. The molecule has 0 aliphatic carbocycles. The predicted molar refractivity (Wildman–Crippen MR) is 111 cm³/mol. The van der Waals surface area contributed by atoms with Gasteiger partial charge in [0.25, 0.3) is 5.91 Å². The summed E-state index contributed by atoms with van der Waals surface area (Å²) in [5.41, 5.74) is 7.49. The molecule has 6 nitrogen and oxygen atoms in total. The van der Waals surface area contributed by atoms with Gasteiger partial charge < -0.3 is 10.6 Å². The molecule has 3 unspecified atom stereocenters. The maximum Gasteiger partial charge on any atom is 0.258 e. The number of hydrogen-bond donors (Lipinski definition) is 1.